The van der Waals surface area contributed by atoms with Gasteiger partial charge >= 0.3 is 0 Å². The minimum atomic E-state index is -0.534. The number of nitrogens with two attached hydrogens (primary N) is 1. The smallest absolute Gasteiger partial charge is 0.225 e. The average molecular weight is 229 g/mol. The van der Waals surface area contributed by atoms with E-state index < -0.39 is 5.79 Å². The fourth-order valence-electron chi connectivity index (χ4n) is 2.25. The monoisotopic (exact) mass is 229 g/mol. The van der Waals surface area contributed by atoms with Crippen molar-refractivity contribution in [2.75, 3.05) is 6.61 Å². The van der Waals surface area contributed by atoms with Crippen LogP contribution in [0.2, 0.25) is 6.32 Å². The molecule has 0 saturated carbocycles. The summed E-state index contributed by atoms with van der Waals surface area (Å²) < 4.78 is 11.5. The number of ether oxygens (including phenoxy) is 2. The van der Waals surface area contributed by atoms with Crippen LogP contribution in [0.4, 0.5) is 0 Å². The van der Waals surface area contributed by atoms with Crippen molar-refractivity contribution in [1.29, 1.82) is 0 Å². The van der Waals surface area contributed by atoms with E-state index in [2.05, 4.69) is 5.34 Å². The third-order valence-electron chi connectivity index (χ3n) is 2.86. The van der Waals surface area contributed by atoms with E-state index in [0.29, 0.717) is 6.42 Å². The standard InChI is InChI=1S/C10H22BN2O3/c1-7-9(16-10(2,3)15-7)8(4-5-14)6-11-13-12/h7-9,13-14H,4-6,12H2,1-3H3/t7?,8-,9-/m1/s1. The molecule has 4 N–H and O–H groups in total. The zero-order chi connectivity index (χ0) is 12.2. The Morgan fingerprint density at radius 2 is 2.19 bits per heavy atom. The van der Waals surface area contributed by atoms with Gasteiger partial charge in [0.2, 0.25) is 7.41 Å². The zero-order valence-corrected chi connectivity index (χ0v) is 10.3. The molecular weight excluding hydrogens is 207 g/mol. The third-order valence-corrected chi connectivity index (χ3v) is 2.86. The van der Waals surface area contributed by atoms with Gasteiger partial charge < -0.3 is 19.9 Å². The Hall–Kier alpha value is -0.135. The molecule has 93 valence electrons. The molecule has 0 aromatic carbocycles. The van der Waals surface area contributed by atoms with E-state index >= 15 is 0 Å². The van der Waals surface area contributed by atoms with E-state index in [4.69, 9.17) is 20.4 Å². The first-order valence-corrected chi connectivity index (χ1v) is 5.74. The van der Waals surface area contributed by atoms with Gasteiger partial charge in [0, 0.05) is 6.61 Å². The largest absolute Gasteiger partial charge is 0.396 e. The quantitative estimate of drug-likeness (QED) is 0.340. The topological polar surface area (TPSA) is 76.7 Å². The zero-order valence-electron chi connectivity index (χ0n) is 10.3. The van der Waals surface area contributed by atoms with Crippen LogP contribution in [0, 0.1) is 5.92 Å². The van der Waals surface area contributed by atoms with E-state index in [1.165, 1.54) is 0 Å². The van der Waals surface area contributed by atoms with E-state index in [0.717, 1.165) is 6.32 Å². The number of rotatable bonds is 6. The predicted molar refractivity (Wildman–Crippen MR) is 62.6 cm³/mol. The second-order valence-corrected chi connectivity index (χ2v) is 4.68. The Balaban J connectivity index is 2.56. The van der Waals surface area contributed by atoms with Crippen molar-refractivity contribution in [1.82, 2.24) is 5.34 Å². The second-order valence-electron chi connectivity index (χ2n) is 4.68. The van der Waals surface area contributed by atoms with Crippen LogP contribution in [0.1, 0.15) is 27.2 Å². The summed E-state index contributed by atoms with van der Waals surface area (Å²) in [5.41, 5.74) is 0. The van der Waals surface area contributed by atoms with Gasteiger partial charge in [0.15, 0.2) is 5.79 Å². The van der Waals surface area contributed by atoms with Crippen LogP contribution in [0.3, 0.4) is 0 Å². The van der Waals surface area contributed by atoms with Gasteiger partial charge in [-0.1, -0.05) is 6.32 Å². The van der Waals surface area contributed by atoms with Gasteiger partial charge in [0.25, 0.3) is 0 Å². The Labute approximate surface area is 97.9 Å². The summed E-state index contributed by atoms with van der Waals surface area (Å²) in [6, 6.07) is 0. The normalized spacial score (nSPS) is 30.3. The van der Waals surface area contributed by atoms with Crippen molar-refractivity contribution in [2.24, 2.45) is 11.8 Å². The molecule has 16 heavy (non-hydrogen) atoms. The highest BCUT2D eigenvalue weighted by atomic mass is 16.7. The maximum Gasteiger partial charge on any atom is 0.225 e. The molecule has 5 nitrogen and oxygen atoms in total. The van der Waals surface area contributed by atoms with Crippen LogP contribution in [0.25, 0.3) is 0 Å². The fraction of sp³-hybridized carbons (Fsp3) is 1.00. The van der Waals surface area contributed by atoms with E-state index in [1.54, 1.807) is 7.41 Å². The molecule has 1 aliphatic rings. The van der Waals surface area contributed by atoms with Crippen molar-refractivity contribution in [3.05, 3.63) is 0 Å². The van der Waals surface area contributed by atoms with Crippen LogP contribution < -0.4 is 11.2 Å². The molecule has 0 aromatic heterocycles. The highest BCUT2D eigenvalue weighted by Gasteiger charge is 2.42. The predicted octanol–water partition coefficient (Wildman–Crippen LogP) is 0.0258. The molecule has 1 saturated heterocycles. The summed E-state index contributed by atoms with van der Waals surface area (Å²) in [6.07, 6.45) is 1.49. The second kappa shape index (κ2) is 5.98. The number of hydrogen-bond acceptors (Lipinski definition) is 5. The van der Waals surface area contributed by atoms with Crippen LogP contribution in [-0.2, 0) is 9.47 Å². The summed E-state index contributed by atoms with van der Waals surface area (Å²) in [5, 5.41) is 11.6. The lowest BCUT2D eigenvalue weighted by Gasteiger charge is -2.24. The van der Waals surface area contributed by atoms with E-state index in [-0.39, 0.29) is 24.7 Å². The number of aliphatic hydroxyl groups excluding tert-OH is 1. The number of aliphatic hydroxyl groups is 1. The molecule has 1 aliphatic heterocycles. The fourth-order valence-corrected chi connectivity index (χ4v) is 2.25. The van der Waals surface area contributed by atoms with Gasteiger partial charge in [0.05, 0.1) is 12.2 Å². The van der Waals surface area contributed by atoms with Gasteiger partial charge in [-0.2, -0.15) is 0 Å². The molecule has 1 rings (SSSR count). The average Bonchev–Trinajstić information content (AvgIpc) is 2.47. The molecule has 6 heteroatoms. The van der Waals surface area contributed by atoms with Crippen LogP contribution >= 0.6 is 0 Å². The maximum absolute atomic E-state index is 9.05. The third kappa shape index (κ3) is 3.71. The summed E-state index contributed by atoms with van der Waals surface area (Å²) in [6.45, 7) is 5.96. The van der Waals surface area contributed by atoms with Crippen molar-refractivity contribution >= 4 is 7.41 Å². The van der Waals surface area contributed by atoms with Crippen LogP contribution in [-0.4, -0.2) is 37.1 Å². The molecule has 0 spiro atoms. The van der Waals surface area contributed by atoms with E-state index in [1.807, 2.05) is 20.8 Å². The number of nitrogens with one attached hydrogen (secondary N) is 1. The Bertz CT molecular complexity index is 216. The molecule has 0 aliphatic carbocycles. The first kappa shape index (κ1) is 13.9. The summed E-state index contributed by atoms with van der Waals surface area (Å²) >= 11 is 0. The van der Waals surface area contributed by atoms with Crippen LogP contribution in [0.5, 0.6) is 0 Å². The SMILES string of the molecule is CC1OC(C)(C)O[C@H]1[C@@H](C[B]NN)CCO. The van der Waals surface area contributed by atoms with Gasteiger partial charge in [-0.05, 0) is 33.1 Å². The summed E-state index contributed by atoms with van der Waals surface area (Å²) in [5.74, 6) is 4.91. The molecule has 1 radical (unpaired) electrons. The van der Waals surface area contributed by atoms with E-state index in [9.17, 15) is 0 Å². The molecule has 1 unspecified atom stereocenters. The molecule has 0 bridgehead atoms. The summed E-state index contributed by atoms with van der Waals surface area (Å²) in [4.78, 5) is 0. The Morgan fingerprint density at radius 3 is 2.62 bits per heavy atom. The van der Waals surface area contributed by atoms with Crippen LogP contribution in [0.15, 0.2) is 0 Å². The lowest BCUT2D eigenvalue weighted by atomic mass is 9.76. The molecule has 0 amide bonds. The Morgan fingerprint density at radius 1 is 1.50 bits per heavy atom. The van der Waals surface area contributed by atoms with Gasteiger partial charge in [-0.25, -0.2) is 0 Å². The van der Waals surface area contributed by atoms with Crippen molar-refractivity contribution in [3.8, 4) is 0 Å². The molecule has 0 aromatic rings. The Kier molecular flexibility index (Phi) is 5.20. The van der Waals surface area contributed by atoms with Gasteiger partial charge in [0.1, 0.15) is 0 Å². The first-order valence-electron chi connectivity index (χ1n) is 5.74. The van der Waals surface area contributed by atoms with Crippen molar-refractivity contribution < 1.29 is 14.6 Å². The first-order chi connectivity index (χ1) is 7.50. The highest BCUT2D eigenvalue weighted by Crippen LogP contribution is 2.34. The molecule has 1 heterocycles. The van der Waals surface area contributed by atoms with Crippen molar-refractivity contribution in [3.63, 3.8) is 0 Å². The molecule has 3 atom stereocenters. The lowest BCUT2D eigenvalue weighted by molar-refractivity contribution is -0.149. The lowest BCUT2D eigenvalue weighted by Crippen LogP contribution is -2.35. The summed E-state index contributed by atoms with van der Waals surface area (Å²) in [7, 11) is 1.78. The van der Waals surface area contributed by atoms with Crippen molar-refractivity contribution in [2.45, 2.75) is 51.5 Å². The minimum Gasteiger partial charge on any atom is -0.396 e. The van der Waals surface area contributed by atoms with Gasteiger partial charge in [-0.3, -0.25) is 5.84 Å². The van der Waals surface area contributed by atoms with Gasteiger partial charge in [-0.15, -0.1) is 0 Å². The molecule has 1 fully saturated rings. The molecular formula is C10H22BN2O3. The maximum atomic E-state index is 9.05. The number of hydrazine groups is 1. The minimum absolute atomic E-state index is 0.00625. The highest BCUT2D eigenvalue weighted by molar-refractivity contribution is 6.31. The number of hydrogen-bond donors (Lipinski definition) is 3.